The molecule has 138 valence electrons. The maximum Gasteiger partial charge on any atom is 0.307 e. The van der Waals surface area contributed by atoms with Crippen LogP contribution in [0.4, 0.5) is 0 Å². The quantitative estimate of drug-likeness (QED) is 0.472. The number of hydrogen-bond donors (Lipinski definition) is 1. The summed E-state index contributed by atoms with van der Waals surface area (Å²) in [6, 6.07) is 0. The highest BCUT2D eigenvalue weighted by atomic mass is 28.4. The van der Waals surface area contributed by atoms with Gasteiger partial charge in [-0.1, -0.05) is 20.8 Å². The minimum atomic E-state index is -2.02. The molecule has 5 atom stereocenters. The Hall–Kier alpha value is -1.47. The molecule has 1 N–H and O–H groups in total. The molecular weight excluding hydrogens is 338 g/mol. The van der Waals surface area contributed by atoms with E-state index in [1.165, 1.54) is 6.92 Å². The number of allylic oxidation sites excluding steroid dienone is 1. The number of carbonyl (C=O) groups excluding carboxylic acids is 3. The van der Waals surface area contributed by atoms with Gasteiger partial charge in [-0.15, -0.1) is 0 Å². The highest BCUT2D eigenvalue weighted by Crippen LogP contribution is 2.53. The van der Waals surface area contributed by atoms with E-state index in [0.29, 0.717) is 12.2 Å². The van der Waals surface area contributed by atoms with Crippen LogP contribution in [0.25, 0.3) is 0 Å². The largest absolute Gasteiger partial charge is 0.431 e. The molecule has 4 rings (SSSR count). The lowest BCUT2D eigenvalue weighted by molar-refractivity contribution is -0.143. The van der Waals surface area contributed by atoms with Crippen molar-refractivity contribution in [3.8, 4) is 0 Å². The summed E-state index contributed by atoms with van der Waals surface area (Å²) in [5.74, 6) is -1.73. The van der Waals surface area contributed by atoms with Gasteiger partial charge in [0.15, 0.2) is 8.32 Å². The number of esters is 1. The summed E-state index contributed by atoms with van der Waals surface area (Å²) in [6.07, 6.45) is 2.34. The zero-order chi connectivity index (χ0) is 18.7. The Kier molecular flexibility index (Phi) is 4.23. The molecule has 0 unspecified atom stereocenters. The lowest BCUT2D eigenvalue weighted by Crippen LogP contribution is -2.54. The summed E-state index contributed by atoms with van der Waals surface area (Å²) in [7, 11) is -2.02. The third-order valence-electron chi connectivity index (χ3n) is 6.24. The zero-order valence-corrected chi connectivity index (χ0v) is 16.7. The van der Waals surface area contributed by atoms with Gasteiger partial charge >= 0.3 is 5.97 Å². The van der Waals surface area contributed by atoms with E-state index in [1.54, 1.807) is 0 Å². The van der Waals surface area contributed by atoms with Gasteiger partial charge < -0.3 is 9.16 Å². The fourth-order valence-corrected chi connectivity index (χ4v) is 5.39. The number of hydrogen-bond acceptors (Lipinski definition) is 5. The van der Waals surface area contributed by atoms with Crippen LogP contribution in [0.5, 0.6) is 0 Å². The minimum Gasteiger partial charge on any atom is -0.431 e. The van der Waals surface area contributed by atoms with E-state index in [4.69, 9.17) is 9.16 Å². The standard InChI is InChI=1S/C18H27NO5Si/c1-9(20)23-12-7-11-13(24-25(5,6)18(2,3)4)8-10(12)14-15(11)17(22)19-16(14)21/h7,10-11,13-15H,8H2,1-6H3,(H,19,21,22)/t10-,11-,13+,14+,15-/m0/s1. The molecule has 0 aromatic rings. The van der Waals surface area contributed by atoms with E-state index in [2.05, 4.69) is 39.2 Å². The first-order valence-corrected chi connectivity index (χ1v) is 11.8. The van der Waals surface area contributed by atoms with Gasteiger partial charge in [0.1, 0.15) is 5.76 Å². The molecule has 1 saturated heterocycles. The van der Waals surface area contributed by atoms with Crippen LogP contribution in [0.2, 0.25) is 18.1 Å². The lowest BCUT2D eigenvalue weighted by Gasteiger charge is -2.49. The smallest absolute Gasteiger partial charge is 0.307 e. The third kappa shape index (κ3) is 2.97. The molecule has 2 bridgehead atoms. The first kappa shape index (κ1) is 18.3. The summed E-state index contributed by atoms with van der Waals surface area (Å²) in [5.41, 5.74) is 0. The number of ether oxygens (including phenoxy) is 1. The second-order valence-electron chi connectivity index (χ2n) is 8.90. The van der Waals surface area contributed by atoms with E-state index >= 15 is 0 Å². The number of carbonyl (C=O) groups is 3. The topological polar surface area (TPSA) is 81.7 Å². The highest BCUT2D eigenvalue weighted by molar-refractivity contribution is 6.74. The van der Waals surface area contributed by atoms with Crippen molar-refractivity contribution >= 4 is 26.1 Å². The van der Waals surface area contributed by atoms with Crippen LogP contribution in [0.15, 0.2) is 11.8 Å². The van der Waals surface area contributed by atoms with Gasteiger partial charge in [-0.3, -0.25) is 19.7 Å². The molecule has 2 fully saturated rings. The molecule has 0 aromatic heterocycles. The molecule has 25 heavy (non-hydrogen) atoms. The van der Waals surface area contributed by atoms with E-state index in [0.717, 1.165) is 0 Å². The Balaban J connectivity index is 1.93. The molecule has 2 amide bonds. The lowest BCUT2D eigenvalue weighted by atomic mass is 9.61. The molecule has 7 heteroatoms. The molecule has 1 heterocycles. The van der Waals surface area contributed by atoms with Crippen molar-refractivity contribution in [2.75, 3.05) is 0 Å². The predicted molar refractivity (Wildman–Crippen MR) is 93.6 cm³/mol. The van der Waals surface area contributed by atoms with Crippen LogP contribution in [0, 0.1) is 23.7 Å². The average molecular weight is 366 g/mol. The SMILES string of the molecule is CC(=O)OC1=C[C@@H]2[C@@H]3C(=O)NC(=O)[C@@H]3[C@H]1C[C@H]2O[Si](C)(C)C(C)(C)C. The van der Waals surface area contributed by atoms with Crippen LogP contribution < -0.4 is 5.32 Å². The Bertz CT molecular complexity index is 663. The van der Waals surface area contributed by atoms with Crippen molar-refractivity contribution in [3.05, 3.63) is 11.8 Å². The maximum atomic E-state index is 12.3. The van der Waals surface area contributed by atoms with Crippen LogP contribution >= 0.6 is 0 Å². The van der Waals surface area contributed by atoms with E-state index < -0.39 is 26.1 Å². The Morgan fingerprint density at radius 3 is 2.36 bits per heavy atom. The van der Waals surface area contributed by atoms with Gasteiger partial charge in [-0.25, -0.2) is 0 Å². The zero-order valence-electron chi connectivity index (χ0n) is 15.7. The van der Waals surface area contributed by atoms with Crippen molar-refractivity contribution in [1.29, 1.82) is 0 Å². The number of amides is 2. The van der Waals surface area contributed by atoms with Crippen molar-refractivity contribution in [2.45, 2.75) is 58.4 Å². The molecule has 0 spiro atoms. The Morgan fingerprint density at radius 2 is 1.80 bits per heavy atom. The van der Waals surface area contributed by atoms with Crippen molar-refractivity contribution in [1.82, 2.24) is 5.32 Å². The monoisotopic (exact) mass is 365 g/mol. The van der Waals surface area contributed by atoms with Gasteiger partial charge in [0.05, 0.1) is 17.9 Å². The second-order valence-corrected chi connectivity index (χ2v) is 13.7. The Labute approximate surface area is 149 Å². The van der Waals surface area contributed by atoms with Gasteiger partial charge in [-0.05, 0) is 30.6 Å². The molecule has 1 aliphatic heterocycles. The molecule has 4 aliphatic rings. The van der Waals surface area contributed by atoms with Gasteiger partial charge in [-0.2, -0.15) is 0 Å². The van der Waals surface area contributed by atoms with Gasteiger partial charge in [0.2, 0.25) is 11.8 Å². The minimum absolute atomic E-state index is 0.0548. The maximum absolute atomic E-state index is 12.3. The molecular formula is C18H27NO5Si. The number of fused-ring (bicyclic) bond motifs is 1. The van der Waals surface area contributed by atoms with Crippen molar-refractivity contribution in [2.24, 2.45) is 23.7 Å². The molecule has 6 nitrogen and oxygen atoms in total. The summed E-state index contributed by atoms with van der Waals surface area (Å²) in [6.45, 7) is 12.2. The molecule has 0 radical (unpaired) electrons. The number of rotatable bonds is 3. The normalized spacial score (nSPS) is 34.5. The van der Waals surface area contributed by atoms with Crippen LogP contribution in [0.1, 0.15) is 34.1 Å². The predicted octanol–water partition coefficient (Wildman–Crippen LogP) is 2.36. The number of nitrogens with one attached hydrogen (secondary N) is 1. The van der Waals surface area contributed by atoms with Crippen LogP contribution in [-0.4, -0.2) is 32.2 Å². The molecule has 0 aromatic carbocycles. The summed E-state index contributed by atoms with van der Waals surface area (Å²) in [5, 5.41) is 2.51. The van der Waals surface area contributed by atoms with E-state index in [1.807, 2.05) is 6.08 Å². The third-order valence-corrected chi connectivity index (χ3v) is 10.7. The molecule has 1 saturated carbocycles. The van der Waals surface area contributed by atoms with Gasteiger partial charge in [0.25, 0.3) is 0 Å². The van der Waals surface area contributed by atoms with Crippen molar-refractivity contribution < 1.29 is 23.5 Å². The molecule has 3 aliphatic carbocycles. The highest BCUT2D eigenvalue weighted by Gasteiger charge is 2.60. The average Bonchev–Trinajstić information content (AvgIpc) is 2.74. The van der Waals surface area contributed by atoms with E-state index in [-0.39, 0.29) is 34.8 Å². The van der Waals surface area contributed by atoms with E-state index in [9.17, 15) is 14.4 Å². The first-order chi connectivity index (χ1) is 11.4. The fourth-order valence-electron chi connectivity index (χ4n) is 4.02. The fraction of sp³-hybridized carbons (Fsp3) is 0.722. The van der Waals surface area contributed by atoms with Gasteiger partial charge in [0, 0.05) is 18.8 Å². The van der Waals surface area contributed by atoms with Crippen molar-refractivity contribution in [3.63, 3.8) is 0 Å². The van der Waals surface area contributed by atoms with Crippen LogP contribution in [-0.2, 0) is 23.5 Å². The van der Waals surface area contributed by atoms with Crippen LogP contribution in [0.3, 0.4) is 0 Å². The summed E-state index contributed by atoms with van der Waals surface area (Å²) >= 11 is 0. The number of imide groups is 1. The second kappa shape index (κ2) is 5.77. The first-order valence-electron chi connectivity index (χ1n) is 8.85. The Morgan fingerprint density at radius 1 is 1.20 bits per heavy atom. The summed E-state index contributed by atoms with van der Waals surface area (Å²) in [4.78, 5) is 36.0. The summed E-state index contributed by atoms with van der Waals surface area (Å²) < 4.78 is 11.9.